The third-order valence-electron chi connectivity index (χ3n) is 4.40. The maximum Gasteiger partial charge on any atom is 0.274 e. The Labute approximate surface area is 137 Å². The monoisotopic (exact) mass is 309 g/mol. The molecule has 4 heteroatoms. The van der Waals surface area contributed by atoms with E-state index in [1.807, 2.05) is 18.2 Å². The maximum atomic E-state index is 12.2. The van der Waals surface area contributed by atoms with Gasteiger partial charge in [0.1, 0.15) is 5.69 Å². The van der Waals surface area contributed by atoms with Crippen LogP contribution in [0.1, 0.15) is 47.3 Å². The second kappa shape index (κ2) is 7.38. The van der Waals surface area contributed by atoms with Gasteiger partial charge in [-0.15, -0.1) is 0 Å². The van der Waals surface area contributed by atoms with Crippen LogP contribution in [-0.4, -0.2) is 24.0 Å². The minimum Gasteiger partial charge on any atom is -0.321 e. The fourth-order valence-corrected chi connectivity index (χ4v) is 2.94. The molecule has 1 saturated heterocycles. The number of piperidine rings is 1. The van der Waals surface area contributed by atoms with Crippen LogP contribution < -0.4 is 10.6 Å². The molecule has 120 valence electrons. The molecule has 2 heterocycles. The topological polar surface area (TPSA) is 54.0 Å². The summed E-state index contributed by atoms with van der Waals surface area (Å²) in [5.74, 6) is 0.413. The molecule has 2 N–H and O–H groups in total. The van der Waals surface area contributed by atoms with Crippen LogP contribution in [0.2, 0.25) is 0 Å². The van der Waals surface area contributed by atoms with Gasteiger partial charge in [0.05, 0.1) is 0 Å². The molecule has 1 atom stereocenters. The van der Waals surface area contributed by atoms with Crippen LogP contribution in [0.25, 0.3) is 0 Å². The number of aromatic nitrogens is 1. The Morgan fingerprint density at radius 2 is 2.09 bits per heavy atom. The number of nitrogens with one attached hydrogen (secondary N) is 2. The van der Waals surface area contributed by atoms with E-state index in [4.69, 9.17) is 0 Å². The van der Waals surface area contributed by atoms with E-state index in [9.17, 15) is 4.79 Å². The number of nitrogens with zero attached hydrogens (tertiary/aromatic N) is 1. The molecule has 2 aromatic rings. The summed E-state index contributed by atoms with van der Waals surface area (Å²) in [5.41, 5.74) is 3.72. The molecular formula is C19H23N3O. The Bertz CT molecular complexity index is 643. The summed E-state index contributed by atoms with van der Waals surface area (Å²) >= 11 is 0. The molecule has 1 aliphatic heterocycles. The van der Waals surface area contributed by atoms with Crippen molar-refractivity contribution < 1.29 is 4.79 Å². The predicted octanol–water partition coefficient (Wildman–Crippen LogP) is 3.36. The summed E-state index contributed by atoms with van der Waals surface area (Å²) in [6.45, 7) is 4.23. The van der Waals surface area contributed by atoms with E-state index in [2.05, 4.69) is 34.7 Å². The first-order chi connectivity index (χ1) is 11.3. The van der Waals surface area contributed by atoms with E-state index in [0.717, 1.165) is 30.8 Å². The van der Waals surface area contributed by atoms with Crippen LogP contribution in [0.5, 0.6) is 0 Å². The Morgan fingerprint density at radius 1 is 1.26 bits per heavy atom. The van der Waals surface area contributed by atoms with Crippen molar-refractivity contribution in [3.63, 3.8) is 0 Å². The van der Waals surface area contributed by atoms with Crippen LogP contribution in [0.3, 0.4) is 0 Å². The van der Waals surface area contributed by atoms with Crippen molar-refractivity contribution >= 4 is 11.6 Å². The lowest BCUT2D eigenvalue weighted by Gasteiger charge is -2.23. The molecule has 1 aliphatic rings. The van der Waals surface area contributed by atoms with Gasteiger partial charge in [0.25, 0.3) is 5.91 Å². The van der Waals surface area contributed by atoms with E-state index >= 15 is 0 Å². The standard InChI is InChI=1S/C19H23N3O/c1-2-14-5-10-18(21-12-14)19(23)22-17-8-6-15(7-9-17)16-4-3-11-20-13-16/h5-10,12,16,20H,2-4,11,13H2,1H3,(H,22,23). The molecule has 0 bridgehead atoms. The Balaban J connectivity index is 1.63. The maximum absolute atomic E-state index is 12.2. The van der Waals surface area contributed by atoms with Gasteiger partial charge in [-0.1, -0.05) is 25.1 Å². The molecule has 1 amide bonds. The highest BCUT2D eigenvalue weighted by molar-refractivity contribution is 6.02. The van der Waals surface area contributed by atoms with Gasteiger partial charge >= 0.3 is 0 Å². The molecule has 0 saturated carbocycles. The number of carbonyl (C=O) groups excluding carboxylic acids is 1. The van der Waals surface area contributed by atoms with E-state index < -0.39 is 0 Å². The Hall–Kier alpha value is -2.20. The van der Waals surface area contributed by atoms with Gasteiger partial charge in [0.15, 0.2) is 0 Å². The molecule has 1 aromatic carbocycles. The summed E-state index contributed by atoms with van der Waals surface area (Å²) in [6.07, 6.45) is 5.13. The number of pyridine rings is 1. The van der Waals surface area contributed by atoms with Crippen LogP contribution in [-0.2, 0) is 6.42 Å². The van der Waals surface area contributed by atoms with Gasteiger partial charge in [-0.25, -0.2) is 0 Å². The summed E-state index contributed by atoms with van der Waals surface area (Å²) < 4.78 is 0. The van der Waals surface area contributed by atoms with Gasteiger partial charge in [0, 0.05) is 18.4 Å². The number of hydrogen-bond acceptors (Lipinski definition) is 3. The van der Waals surface area contributed by atoms with Gasteiger partial charge in [-0.2, -0.15) is 0 Å². The molecule has 0 spiro atoms. The van der Waals surface area contributed by atoms with Gasteiger partial charge in [-0.3, -0.25) is 9.78 Å². The first-order valence-corrected chi connectivity index (χ1v) is 8.33. The predicted molar refractivity (Wildman–Crippen MR) is 92.9 cm³/mol. The number of anilines is 1. The zero-order valence-electron chi connectivity index (χ0n) is 13.5. The third-order valence-corrected chi connectivity index (χ3v) is 4.40. The normalized spacial score (nSPS) is 17.7. The minimum absolute atomic E-state index is 0.167. The Morgan fingerprint density at radius 3 is 2.70 bits per heavy atom. The highest BCUT2D eigenvalue weighted by Gasteiger charge is 2.15. The molecule has 3 rings (SSSR count). The first-order valence-electron chi connectivity index (χ1n) is 8.33. The molecule has 1 fully saturated rings. The number of amides is 1. The summed E-state index contributed by atoms with van der Waals surface area (Å²) in [7, 11) is 0. The SMILES string of the molecule is CCc1ccc(C(=O)Nc2ccc(C3CCCNC3)cc2)nc1. The lowest BCUT2D eigenvalue weighted by molar-refractivity contribution is 0.102. The van der Waals surface area contributed by atoms with Crippen LogP contribution >= 0.6 is 0 Å². The fourth-order valence-electron chi connectivity index (χ4n) is 2.94. The average molecular weight is 309 g/mol. The second-order valence-corrected chi connectivity index (χ2v) is 6.02. The summed E-state index contributed by atoms with van der Waals surface area (Å²) in [4.78, 5) is 16.4. The lowest BCUT2D eigenvalue weighted by atomic mass is 9.92. The van der Waals surface area contributed by atoms with Crippen molar-refractivity contribution in [2.75, 3.05) is 18.4 Å². The van der Waals surface area contributed by atoms with Crippen molar-refractivity contribution in [2.24, 2.45) is 0 Å². The van der Waals surface area contributed by atoms with Gasteiger partial charge in [0.2, 0.25) is 0 Å². The zero-order valence-corrected chi connectivity index (χ0v) is 13.5. The smallest absolute Gasteiger partial charge is 0.274 e. The van der Waals surface area contributed by atoms with Crippen molar-refractivity contribution in [2.45, 2.75) is 32.1 Å². The van der Waals surface area contributed by atoms with E-state index in [1.165, 1.54) is 18.4 Å². The Kier molecular flexibility index (Phi) is 5.03. The first kappa shape index (κ1) is 15.7. The molecule has 1 aromatic heterocycles. The second-order valence-electron chi connectivity index (χ2n) is 6.02. The third kappa shape index (κ3) is 3.96. The highest BCUT2D eigenvalue weighted by Crippen LogP contribution is 2.24. The number of carbonyl (C=O) groups is 1. The lowest BCUT2D eigenvalue weighted by Crippen LogP contribution is -2.28. The highest BCUT2D eigenvalue weighted by atomic mass is 16.1. The van der Waals surface area contributed by atoms with Crippen LogP contribution in [0.15, 0.2) is 42.6 Å². The van der Waals surface area contributed by atoms with E-state index in [0.29, 0.717) is 11.6 Å². The molecule has 0 radical (unpaired) electrons. The molecular weight excluding hydrogens is 286 g/mol. The van der Waals surface area contributed by atoms with Crippen LogP contribution in [0, 0.1) is 0 Å². The van der Waals surface area contributed by atoms with E-state index in [-0.39, 0.29) is 5.91 Å². The number of rotatable bonds is 4. The van der Waals surface area contributed by atoms with Crippen molar-refractivity contribution in [3.05, 3.63) is 59.4 Å². The number of benzene rings is 1. The van der Waals surface area contributed by atoms with E-state index in [1.54, 1.807) is 12.3 Å². The van der Waals surface area contributed by atoms with Crippen molar-refractivity contribution in [1.82, 2.24) is 10.3 Å². The van der Waals surface area contributed by atoms with Crippen molar-refractivity contribution in [3.8, 4) is 0 Å². The van der Waals surface area contributed by atoms with Gasteiger partial charge in [-0.05, 0) is 61.1 Å². The minimum atomic E-state index is -0.167. The number of hydrogen-bond donors (Lipinski definition) is 2. The molecule has 4 nitrogen and oxygen atoms in total. The molecule has 1 unspecified atom stereocenters. The van der Waals surface area contributed by atoms with Crippen molar-refractivity contribution in [1.29, 1.82) is 0 Å². The zero-order chi connectivity index (χ0) is 16.1. The van der Waals surface area contributed by atoms with Crippen LogP contribution in [0.4, 0.5) is 5.69 Å². The molecule has 0 aliphatic carbocycles. The molecule has 23 heavy (non-hydrogen) atoms. The summed E-state index contributed by atoms with van der Waals surface area (Å²) in [5, 5.41) is 6.34. The number of aryl methyl sites for hydroxylation is 1. The average Bonchev–Trinajstić information content (AvgIpc) is 2.63. The quantitative estimate of drug-likeness (QED) is 0.910. The largest absolute Gasteiger partial charge is 0.321 e. The fraction of sp³-hybridized carbons (Fsp3) is 0.368. The van der Waals surface area contributed by atoms with Gasteiger partial charge < -0.3 is 10.6 Å². The summed E-state index contributed by atoms with van der Waals surface area (Å²) in [6, 6.07) is 11.9.